The summed E-state index contributed by atoms with van der Waals surface area (Å²) in [5, 5.41) is 0. The van der Waals surface area contributed by atoms with Crippen LogP contribution in [0.4, 0.5) is 0 Å². The van der Waals surface area contributed by atoms with E-state index in [0.717, 1.165) is 0 Å². The molecule has 0 N–H and O–H groups in total. The lowest BCUT2D eigenvalue weighted by molar-refractivity contribution is -0.0675. The van der Waals surface area contributed by atoms with Crippen LogP contribution >= 0.6 is 0 Å². The van der Waals surface area contributed by atoms with Crippen molar-refractivity contribution in [2.75, 3.05) is 28.4 Å². The first-order valence-corrected chi connectivity index (χ1v) is 4.24. The van der Waals surface area contributed by atoms with Crippen molar-refractivity contribution >= 4 is 0 Å². The van der Waals surface area contributed by atoms with Gasteiger partial charge in [0.15, 0.2) is 12.6 Å². The average Bonchev–Trinajstić information content (AvgIpc) is 2.24. The Balaban J connectivity index is 3.89. The lowest BCUT2D eigenvalue weighted by Crippen LogP contribution is -2.09. The molecule has 0 fully saturated rings. The molecule has 0 spiro atoms. The third-order valence-electron chi connectivity index (χ3n) is 1.58. The molecule has 4 heteroatoms. The zero-order valence-corrected chi connectivity index (χ0v) is 9.10. The predicted molar refractivity (Wildman–Crippen MR) is 53.9 cm³/mol. The van der Waals surface area contributed by atoms with Crippen LogP contribution in [0.5, 0.6) is 0 Å². The lowest BCUT2D eigenvalue weighted by Gasteiger charge is -2.07. The van der Waals surface area contributed by atoms with Crippen molar-refractivity contribution in [1.29, 1.82) is 0 Å². The summed E-state index contributed by atoms with van der Waals surface area (Å²) in [6.07, 6.45) is 6.54. The summed E-state index contributed by atoms with van der Waals surface area (Å²) in [6.45, 7) is 0. The maximum atomic E-state index is 4.95. The highest BCUT2D eigenvalue weighted by molar-refractivity contribution is 5.04. The molecule has 4 nitrogen and oxygen atoms in total. The Kier molecular flexibility index (Phi) is 8.47. The van der Waals surface area contributed by atoms with Gasteiger partial charge >= 0.3 is 0 Å². The van der Waals surface area contributed by atoms with Gasteiger partial charge in [-0.05, 0) is 12.2 Å². The van der Waals surface area contributed by atoms with Crippen LogP contribution in [0.2, 0.25) is 0 Å². The van der Waals surface area contributed by atoms with E-state index >= 15 is 0 Å². The van der Waals surface area contributed by atoms with E-state index in [4.69, 9.17) is 18.9 Å². The van der Waals surface area contributed by atoms with Crippen molar-refractivity contribution in [1.82, 2.24) is 0 Å². The Morgan fingerprint density at radius 3 is 1.14 bits per heavy atom. The molecule has 14 heavy (non-hydrogen) atoms. The minimum atomic E-state index is -0.316. The Hall–Kier alpha value is -0.680. The van der Waals surface area contributed by atoms with Gasteiger partial charge in [-0.15, -0.1) is 0 Å². The van der Waals surface area contributed by atoms with Gasteiger partial charge in [0.05, 0.1) is 0 Å². The molecule has 0 aromatic carbocycles. The van der Waals surface area contributed by atoms with Crippen LogP contribution in [0.15, 0.2) is 24.3 Å². The fourth-order valence-corrected chi connectivity index (χ4v) is 0.816. The molecular formula is C10H18O4. The summed E-state index contributed by atoms with van der Waals surface area (Å²) in [5.74, 6) is 0. The second-order valence-corrected chi connectivity index (χ2v) is 2.45. The number of rotatable bonds is 7. The molecular weight excluding hydrogens is 184 g/mol. The molecule has 0 heterocycles. The third kappa shape index (κ3) is 5.88. The topological polar surface area (TPSA) is 36.9 Å². The maximum absolute atomic E-state index is 4.95. The first-order chi connectivity index (χ1) is 6.78. The van der Waals surface area contributed by atoms with Gasteiger partial charge < -0.3 is 18.9 Å². The first kappa shape index (κ1) is 13.3. The molecule has 0 radical (unpaired) electrons. The molecule has 0 unspecified atom stereocenters. The molecule has 82 valence electrons. The van der Waals surface area contributed by atoms with E-state index in [1.54, 1.807) is 40.6 Å². The molecule has 0 saturated heterocycles. The molecule has 0 aliphatic carbocycles. The summed E-state index contributed by atoms with van der Waals surface area (Å²) in [6, 6.07) is 0. The minimum absolute atomic E-state index is 0.316. The summed E-state index contributed by atoms with van der Waals surface area (Å²) >= 11 is 0. The quantitative estimate of drug-likeness (QED) is 0.461. The predicted octanol–water partition coefficient (Wildman–Crippen LogP) is 1.34. The number of hydrogen-bond donors (Lipinski definition) is 0. The van der Waals surface area contributed by atoms with E-state index < -0.39 is 0 Å². The lowest BCUT2D eigenvalue weighted by atomic mass is 10.4. The molecule has 0 aromatic heterocycles. The van der Waals surface area contributed by atoms with Gasteiger partial charge in [0.1, 0.15) is 0 Å². The Bertz CT molecular complexity index is 149. The maximum Gasteiger partial charge on any atom is 0.176 e. The van der Waals surface area contributed by atoms with E-state index in [9.17, 15) is 0 Å². The minimum Gasteiger partial charge on any atom is -0.352 e. The van der Waals surface area contributed by atoms with E-state index in [1.807, 2.05) is 12.2 Å². The van der Waals surface area contributed by atoms with E-state index in [0.29, 0.717) is 0 Å². The van der Waals surface area contributed by atoms with Gasteiger partial charge in [0.25, 0.3) is 0 Å². The SMILES string of the molecule is COC(C=CC=CC(OC)OC)OC. The van der Waals surface area contributed by atoms with Crippen LogP contribution in [0, 0.1) is 0 Å². The standard InChI is InChI=1S/C10H18O4/c1-11-9(12-2)7-5-6-8-10(13-3)14-4/h5-10H,1-4H3. The molecule has 0 aromatic rings. The Labute approximate surface area is 85.1 Å². The van der Waals surface area contributed by atoms with Gasteiger partial charge in [-0.1, -0.05) is 12.2 Å². The van der Waals surface area contributed by atoms with Crippen molar-refractivity contribution in [3.8, 4) is 0 Å². The zero-order chi connectivity index (χ0) is 10.8. The molecule has 0 rings (SSSR count). The molecule has 0 saturated carbocycles. The van der Waals surface area contributed by atoms with Gasteiger partial charge in [-0.3, -0.25) is 0 Å². The van der Waals surface area contributed by atoms with Crippen LogP contribution < -0.4 is 0 Å². The second-order valence-electron chi connectivity index (χ2n) is 2.45. The Morgan fingerprint density at radius 1 is 0.643 bits per heavy atom. The molecule has 0 amide bonds. The molecule has 0 aliphatic heterocycles. The number of ether oxygens (including phenoxy) is 4. The highest BCUT2D eigenvalue weighted by Crippen LogP contribution is 1.96. The van der Waals surface area contributed by atoms with E-state index in [2.05, 4.69) is 0 Å². The summed E-state index contributed by atoms with van der Waals surface area (Å²) in [5.41, 5.74) is 0. The van der Waals surface area contributed by atoms with Crippen molar-refractivity contribution in [2.45, 2.75) is 12.6 Å². The number of hydrogen-bond acceptors (Lipinski definition) is 4. The van der Waals surface area contributed by atoms with Crippen molar-refractivity contribution < 1.29 is 18.9 Å². The van der Waals surface area contributed by atoms with Crippen LogP contribution in [-0.4, -0.2) is 41.0 Å². The zero-order valence-electron chi connectivity index (χ0n) is 9.10. The van der Waals surface area contributed by atoms with Gasteiger partial charge in [0.2, 0.25) is 0 Å². The van der Waals surface area contributed by atoms with E-state index in [1.165, 1.54) is 0 Å². The van der Waals surface area contributed by atoms with Crippen LogP contribution in [0.3, 0.4) is 0 Å². The molecule has 0 atom stereocenters. The summed E-state index contributed by atoms with van der Waals surface area (Å²) < 4.78 is 19.8. The van der Waals surface area contributed by atoms with Crippen LogP contribution in [-0.2, 0) is 18.9 Å². The van der Waals surface area contributed by atoms with Gasteiger partial charge in [0, 0.05) is 28.4 Å². The first-order valence-electron chi connectivity index (χ1n) is 4.24. The van der Waals surface area contributed by atoms with Crippen molar-refractivity contribution in [2.24, 2.45) is 0 Å². The van der Waals surface area contributed by atoms with Crippen LogP contribution in [0.1, 0.15) is 0 Å². The van der Waals surface area contributed by atoms with Gasteiger partial charge in [-0.2, -0.15) is 0 Å². The van der Waals surface area contributed by atoms with E-state index in [-0.39, 0.29) is 12.6 Å². The fraction of sp³-hybridized carbons (Fsp3) is 0.600. The smallest absolute Gasteiger partial charge is 0.176 e. The average molecular weight is 202 g/mol. The molecule has 0 aliphatic rings. The van der Waals surface area contributed by atoms with Crippen LogP contribution in [0.25, 0.3) is 0 Å². The monoisotopic (exact) mass is 202 g/mol. The molecule has 0 bridgehead atoms. The second kappa shape index (κ2) is 8.90. The number of methoxy groups -OCH3 is 4. The van der Waals surface area contributed by atoms with Gasteiger partial charge in [-0.25, -0.2) is 0 Å². The largest absolute Gasteiger partial charge is 0.352 e. The summed E-state index contributed by atoms with van der Waals surface area (Å²) in [4.78, 5) is 0. The van der Waals surface area contributed by atoms with Crippen molar-refractivity contribution in [3.05, 3.63) is 24.3 Å². The summed E-state index contributed by atoms with van der Waals surface area (Å²) in [7, 11) is 6.31. The normalized spacial score (nSPS) is 12.7. The highest BCUT2D eigenvalue weighted by atomic mass is 16.7. The fourth-order valence-electron chi connectivity index (χ4n) is 0.816. The van der Waals surface area contributed by atoms with Crippen molar-refractivity contribution in [3.63, 3.8) is 0 Å². The number of allylic oxidation sites excluding steroid dienone is 2. The highest BCUT2D eigenvalue weighted by Gasteiger charge is 1.97. The Morgan fingerprint density at radius 2 is 0.929 bits per heavy atom. The third-order valence-corrected chi connectivity index (χ3v) is 1.58.